The zero-order valence-corrected chi connectivity index (χ0v) is 11.1. The van der Waals surface area contributed by atoms with Crippen LogP contribution in [-0.2, 0) is 13.5 Å². The van der Waals surface area contributed by atoms with Gasteiger partial charge >= 0.3 is 0 Å². The SMILES string of the molecule is CCCc1c(Cl)nc(-c2ccnn2C)nc1Cl. The first-order valence-corrected chi connectivity index (χ1v) is 6.09. The fourth-order valence-electron chi connectivity index (χ4n) is 1.60. The maximum absolute atomic E-state index is 6.12. The van der Waals surface area contributed by atoms with Gasteiger partial charge in [0.2, 0.25) is 0 Å². The molecule has 4 nitrogen and oxygen atoms in total. The smallest absolute Gasteiger partial charge is 0.180 e. The van der Waals surface area contributed by atoms with Gasteiger partial charge in [-0.1, -0.05) is 36.5 Å². The lowest BCUT2D eigenvalue weighted by atomic mass is 10.2. The van der Waals surface area contributed by atoms with Crippen molar-refractivity contribution >= 4 is 23.2 Å². The van der Waals surface area contributed by atoms with Gasteiger partial charge in [0.25, 0.3) is 0 Å². The molecule has 2 aromatic rings. The third kappa shape index (κ3) is 2.42. The molecule has 90 valence electrons. The molecule has 0 saturated heterocycles. The molecule has 17 heavy (non-hydrogen) atoms. The Kier molecular flexibility index (Phi) is 3.64. The van der Waals surface area contributed by atoms with E-state index in [1.165, 1.54) is 0 Å². The number of hydrogen-bond acceptors (Lipinski definition) is 3. The van der Waals surface area contributed by atoms with Crippen molar-refractivity contribution in [1.29, 1.82) is 0 Å². The molecular weight excluding hydrogens is 259 g/mol. The second-order valence-corrected chi connectivity index (χ2v) is 4.41. The lowest BCUT2D eigenvalue weighted by Crippen LogP contribution is -2.01. The van der Waals surface area contributed by atoms with Crippen LogP contribution in [0.15, 0.2) is 12.3 Å². The first kappa shape index (κ1) is 12.3. The number of aromatic nitrogens is 4. The van der Waals surface area contributed by atoms with Crippen LogP contribution in [0.1, 0.15) is 18.9 Å². The molecule has 0 fully saturated rings. The monoisotopic (exact) mass is 270 g/mol. The normalized spacial score (nSPS) is 10.8. The Hall–Kier alpha value is -1.13. The van der Waals surface area contributed by atoms with Gasteiger partial charge in [0.15, 0.2) is 5.82 Å². The number of hydrogen-bond donors (Lipinski definition) is 0. The molecule has 2 aromatic heterocycles. The van der Waals surface area contributed by atoms with Crippen LogP contribution >= 0.6 is 23.2 Å². The van der Waals surface area contributed by atoms with Crippen molar-refractivity contribution in [3.8, 4) is 11.5 Å². The molecule has 6 heteroatoms. The quantitative estimate of drug-likeness (QED) is 0.805. The maximum Gasteiger partial charge on any atom is 0.180 e. The van der Waals surface area contributed by atoms with Gasteiger partial charge < -0.3 is 0 Å². The summed E-state index contributed by atoms with van der Waals surface area (Å²) in [5, 5.41) is 4.90. The van der Waals surface area contributed by atoms with Gasteiger partial charge in [-0.25, -0.2) is 9.97 Å². The van der Waals surface area contributed by atoms with Crippen molar-refractivity contribution in [2.24, 2.45) is 7.05 Å². The minimum Gasteiger partial charge on any atom is -0.265 e. The molecule has 0 bridgehead atoms. The van der Waals surface area contributed by atoms with Gasteiger partial charge in [0.1, 0.15) is 16.0 Å². The summed E-state index contributed by atoms with van der Waals surface area (Å²) in [6, 6.07) is 1.82. The molecule has 0 atom stereocenters. The Morgan fingerprint density at radius 1 is 1.24 bits per heavy atom. The second kappa shape index (κ2) is 5.02. The Balaban J connectivity index is 2.49. The van der Waals surface area contributed by atoms with E-state index in [0.29, 0.717) is 16.1 Å². The van der Waals surface area contributed by atoms with E-state index in [1.807, 2.05) is 13.1 Å². The Bertz CT molecular complexity index is 513. The average molecular weight is 271 g/mol. The first-order chi connectivity index (χ1) is 8.13. The number of aryl methyl sites for hydroxylation is 1. The molecule has 0 aliphatic heterocycles. The highest BCUT2D eigenvalue weighted by Crippen LogP contribution is 2.26. The molecule has 2 heterocycles. The fraction of sp³-hybridized carbons (Fsp3) is 0.364. The summed E-state index contributed by atoms with van der Waals surface area (Å²) in [5.41, 5.74) is 1.60. The molecule has 2 rings (SSSR count). The van der Waals surface area contributed by atoms with Crippen LogP contribution in [0, 0.1) is 0 Å². The summed E-state index contributed by atoms with van der Waals surface area (Å²) in [6.45, 7) is 2.06. The van der Waals surface area contributed by atoms with Gasteiger partial charge in [-0.15, -0.1) is 0 Å². The van der Waals surface area contributed by atoms with Crippen LogP contribution in [0.2, 0.25) is 10.3 Å². The lowest BCUT2D eigenvalue weighted by molar-refractivity contribution is 0.769. The molecule has 0 unspecified atom stereocenters. The molecule has 0 spiro atoms. The van der Waals surface area contributed by atoms with E-state index in [9.17, 15) is 0 Å². The van der Waals surface area contributed by atoms with Crippen LogP contribution in [-0.4, -0.2) is 19.7 Å². The van der Waals surface area contributed by atoms with E-state index < -0.39 is 0 Å². The van der Waals surface area contributed by atoms with Crippen LogP contribution in [0.3, 0.4) is 0 Å². The predicted molar refractivity (Wildman–Crippen MR) is 68.2 cm³/mol. The molecule has 0 aromatic carbocycles. The van der Waals surface area contributed by atoms with E-state index in [4.69, 9.17) is 23.2 Å². The highest BCUT2D eigenvalue weighted by molar-refractivity contribution is 6.34. The molecule has 0 N–H and O–H groups in total. The Morgan fingerprint density at radius 3 is 2.35 bits per heavy atom. The summed E-state index contributed by atoms with van der Waals surface area (Å²) in [4.78, 5) is 8.53. The zero-order chi connectivity index (χ0) is 12.4. The predicted octanol–water partition coefficient (Wildman–Crippen LogP) is 3.14. The van der Waals surface area contributed by atoms with Crippen LogP contribution in [0.5, 0.6) is 0 Å². The minimum atomic E-state index is 0.419. The molecule has 0 radical (unpaired) electrons. The summed E-state index contributed by atoms with van der Waals surface area (Å²) < 4.78 is 1.68. The van der Waals surface area contributed by atoms with E-state index in [0.717, 1.165) is 24.1 Å². The molecule has 0 aliphatic carbocycles. The van der Waals surface area contributed by atoms with E-state index in [-0.39, 0.29) is 0 Å². The average Bonchev–Trinajstić information content (AvgIpc) is 2.69. The van der Waals surface area contributed by atoms with Crippen LogP contribution in [0.25, 0.3) is 11.5 Å². The summed E-state index contributed by atoms with van der Waals surface area (Å²) in [5.74, 6) is 0.500. The highest BCUT2D eigenvalue weighted by atomic mass is 35.5. The van der Waals surface area contributed by atoms with Gasteiger partial charge in [-0.2, -0.15) is 5.10 Å². The summed E-state index contributed by atoms with van der Waals surface area (Å²) in [7, 11) is 1.82. The summed E-state index contributed by atoms with van der Waals surface area (Å²) >= 11 is 12.2. The molecular formula is C11H12Cl2N4. The van der Waals surface area contributed by atoms with Crippen LogP contribution < -0.4 is 0 Å². The Morgan fingerprint density at radius 2 is 1.88 bits per heavy atom. The minimum absolute atomic E-state index is 0.419. The van der Waals surface area contributed by atoms with Crippen molar-refractivity contribution in [3.05, 3.63) is 28.1 Å². The van der Waals surface area contributed by atoms with Gasteiger partial charge in [0.05, 0.1) is 0 Å². The zero-order valence-electron chi connectivity index (χ0n) is 9.61. The van der Waals surface area contributed by atoms with Crippen molar-refractivity contribution in [1.82, 2.24) is 19.7 Å². The fourth-order valence-corrected chi connectivity index (χ4v) is 2.17. The third-order valence-corrected chi connectivity index (χ3v) is 3.08. The first-order valence-electron chi connectivity index (χ1n) is 5.33. The Labute approximate surface area is 110 Å². The van der Waals surface area contributed by atoms with E-state index >= 15 is 0 Å². The van der Waals surface area contributed by atoms with Gasteiger partial charge in [-0.3, -0.25) is 4.68 Å². The van der Waals surface area contributed by atoms with Crippen molar-refractivity contribution in [2.45, 2.75) is 19.8 Å². The maximum atomic E-state index is 6.12. The largest absolute Gasteiger partial charge is 0.265 e. The lowest BCUT2D eigenvalue weighted by Gasteiger charge is -2.07. The van der Waals surface area contributed by atoms with E-state index in [1.54, 1.807) is 10.9 Å². The van der Waals surface area contributed by atoms with Gasteiger partial charge in [-0.05, 0) is 12.5 Å². The molecule has 0 amide bonds. The number of halogens is 2. The number of nitrogens with zero attached hydrogens (tertiary/aromatic N) is 4. The number of rotatable bonds is 3. The van der Waals surface area contributed by atoms with Crippen LogP contribution in [0.4, 0.5) is 0 Å². The van der Waals surface area contributed by atoms with Crippen molar-refractivity contribution in [3.63, 3.8) is 0 Å². The topological polar surface area (TPSA) is 43.6 Å². The third-order valence-electron chi connectivity index (χ3n) is 2.46. The van der Waals surface area contributed by atoms with Crippen molar-refractivity contribution < 1.29 is 0 Å². The van der Waals surface area contributed by atoms with Crippen molar-refractivity contribution in [2.75, 3.05) is 0 Å². The summed E-state index contributed by atoms with van der Waals surface area (Å²) in [6.07, 6.45) is 3.41. The highest BCUT2D eigenvalue weighted by Gasteiger charge is 2.13. The standard InChI is InChI=1S/C11H12Cl2N4/c1-3-4-7-9(12)15-11(16-10(7)13)8-5-6-14-17(8)2/h5-6H,3-4H2,1-2H3. The molecule has 0 saturated carbocycles. The molecule has 0 aliphatic rings. The second-order valence-electron chi connectivity index (χ2n) is 3.70. The van der Waals surface area contributed by atoms with E-state index in [2.05, 4.69) is 22.0 Å². The van der Waals surface area contributed by atoms with Gasteiger partial charge in [0, 0.05) is 18.8 Å².